The molecule has 0 bridgehead atoms. The summed E-state index contributed by atoms with van der Waals surface area (Å²) in [5.74, 6) is 2.03. The SMILES string of the molecule is COc1ccc(O[C@H](C)C(=O)N[C@H]2CC(C)(C)Oc3ccccc32)cc1. The number of amides is 1. The van der Waals surface area contributed by atoms with Crippen LogP contribution in [0.1, 0.15) is 38.8 Å². The highest BCUT2D eigenvalue weighted by Crippen LogP contribution is 2.39. The first-order chi connectivity index (χ1) is 12.4. The minimum absolute atomic E-state index is 0.107. The van der Waals surface area contributed by atoms with E-state index >= 15 is 0 Å². The van der Waals surface area contributed by atoms with E-state index in [2.05, 4.69) is 5.32 Å². The third-order valence-electron chi connectivity index (χ3n) is 4.43. The summed E-state index contributed by atoms with van der Waals surface area (Å²) in [5.41, 5.74) is 0.656. The molecule has 0 radical (unpaired) electrons. The molecule has 1 aliphatic rings. The van der Waals surface area contributed by atoms with E-state index < -0.39 is 6.10 Å². The number of methoxy groups -OCH3 is 1. The van der Waals surface area contributed by atoms with Crippen LogP contribution in [0, 0.1) is 0 Å². The molecule has 5 heteroatoms. The molecule has 0 unspecified atom stereocenters. The van der Waals surface area contributed by atoms with E-state index in [1.54, 1.807) is 38.3 Å². The number of benzene rings is 2. The van der Waals surface area contributed by atoms with Crippen molar-refractivity contribution in [3.63, 3.8) is 0 Å². The number of ether oxygens (including phenoxy) is 3. The van der Waals surface area contributed by atoms with Gasteiger partial charge in [-0.2, -0.15) is 0 Å². The highest BCUT2D eigenvalue weighted by molar-refractivity contribution is 5.81. The molecule has 1 aliphatic heterocycles. The lowest BCUT2D eigenvalue weighted by Crippen LogP contribution is -2.44. The zero-order chi connectivity index (χ0) is 18.7. The highest BCUT2D eigenvalue weighted by Gasteiger charge is 2.35. The van der Waals surface area contributed by atoms with Crippen LogP contribution in [-0.2, 0) is 4.79 Å². The first kappa shape index (κ1) is 18.1. The first-order valence-corrected chi connectivity index (χ1v) is 8.77. The van der Waals surface area contributed by atoms with E-state index in [-0.39, 0.29) is 17.6 Å². The summed E-state index contributed by atoms with van der Waals surface area (Å²) in [6.45, 7) is 5.80. The van der Waals surface area contributed by atoms with Gasteiger partial charge in [0.15, 0.2) is 6.10 Å². The van der Waals surface area contributed by atoms with Gasteiger partial charge < -0.3 is 19.5 Å². The molecule has 2 atom stereocenters. The van der Waals surface area contributed by atoms with Crippen molar-refractivity contribution in [2.45, 2.75) is 44.9 Å². The number of nitrogens with one attached hydrogen (secondary N) is 1. The third-order valence-corrected chi connectivity index (χ3v) is 4.43. The lowest BCUT2D eigenvalue weighted by atomic mass is 9.89. The number of para-hydroxylation sites is 1. The summed E-state index contributed by atoms with van der Waals surface area (Å²) in [6, 6.07) is 14.9. The molecule has 0 aromatic heterocycles. The minimum atomic E-state index is -0.610. The fourth-order valence-electron chi connectivity index (χ4n) is 3.13. The van der Waals surface area contributed by atoms with Crippen molar-refractivity contribution in [1.82, 2.24) is 5.32 Å². The molecule has 1 heterocycles. The molecule has 0 spiro atoms. The summed E-state index contributed by atoms with van der Waals surface area (Å²) in [4.78, 5) is 12.7. The molecule has 2 aromatic rings. The molecular formula is C21H25NO4. The lowest BCUT2D eigenvalue weighted by molar-refractivity contribution is -0.128. The van der Waals surface area contributed by atoms with Gasteiger partial charge in [-0.05, 0) is 51.1 Å². The Kier molecular flexibility index (Phi) is 5.07. The molecular weight excluding hydrogens is 330 g/mol. The normalized spacial score (nSPS) is 18.8. The van der Waals surface area contributed by atoms with Gasteiger partial charge in [0.05, 0.1) is 13.2 Å². The van der Waals surface area contributed by atoms with Gasteiger partial charge in [-0.25, -0.2) is 0 Å². The molecule has 26 heavy (non-hydrogen) atoms. The predicted molar refractivity (Wildman–Crippen MR) is 99.7 cm³/mol. The monoisotopic (exact) mass is 355 g/mol. The first-order valence-electron chi connectivity index (χ1n) is 8.77. The van der Waals surface area contributed by atoms with E-state index in [4.69, 9.17) is 14.2 Å². The van der Waals surface area contributed by atoms with Crippen LogP contribution in [0.15, 0.2) is 48.5 Å². The van der Waals surface area contributed by atoms with Crippen molar-refractivity contribution < 1.29 is 19.0 Å². The summed E-state index contributed by atoms with van der Waals surface area (Å²) in [5, 5.41) is 3.10. The molecule has 138 valence electrons. The Hall–Kier alpha value is -2.69. The highest BCUT2D eigenvalue weighted by atomic mass is 16.5. The topological polar surface area (TPSA) is 56.8 Å². The van der Waals surface area contributed by atoms with Crippen molar-refractivity contribution in [2.24, 2.45) is 0 Å². The van der Waals surface area contributed by atoms with Crippen LogP contribution < -0.4 is 19.5 Å². The van der Waals surface area contributed by atoms with E-state index in [9.17, 15) is 4.79 Å². The molecule has 0 aliphatic carbocycles. The Morgan fingerprint density at radius 1 is 1.15 bits per heavy atom. The van der Waals surface area contributed by atoms with Crippen molar-refractivity contribution >= 4 is 5.91 Å². The standard InChI is InChI=1S/C21H25NO4/c1-14(25-16-11-9-15(24-4)10-12-16)20(23)22-18-13-21(2,3)26-19-8-6-5-7-17(18)19/h5-12,14,18H,13H2,1-4H3,(H,22,23)/t14-,18+/m1/s1. The van der Waals surface area contributed by atoms with Crippen LogP contribution in [0.4, 0.5) is 0 Å². The molecule has 2 aromatic carbocycles. The third kappa shape index (κ3) is 4.10. The van der Waals surface area contributed by atoms with Crippen LogP contribution in [0.3, 0.4) is 0 Å². The van der Waals surface area contributed by atoms with Crippen LogP contribution in [0.5, 0.6) is 17.2 Å². The van der Waals surface area contributed by atoms with E-state index in [1.807, 2.05) is 38.1 Å². The smallest absolute Gasteiger partial charge is 0.261 e. The second kappa shape index (κ2) is 7.28. The molecule has 5 nitrogen and oxygen atoms in total. The van der Waals surface area contributed by atoms with Gasteiger partial charge in [-0.3, -0.25) is 4.79 Å². The molecule has 1 amide bonds. The van der Waals surface area contributed by atoms with Gasteiger partial charge in [-0.1, -0.05) is 18.2 Å². The van der Waals surface area contributed by atoms with Crippen molar-refractivity contribution in [2.75, 3.05) is 7.11 Å². The van der Waals surface area contributed by atoms with Crippen LogP contribution in [-0.4, -0.2) is 24.7 Å². The Morgan fingerprint density at radius 2 is 1.81 bits per heavy atom. The maximum atomic E-state index is 12.7. The molecule has 3 rings (SSSR count). The van der Waals surface area contributed by atoms with Gasteiger partial charge in [0, 0.05) is 12.0 Å². The maximum Gasteiger partial charge on any atom is 0.261 e. The van der Waals surface area contributed by atoms with Crippen molar-refractivity contribution in [1.29, 1.82) is 0 Å². The average molecular weight is 355 g/mol. The van der Waals surface area contributed by atoms with Crippen molar-refractivity contribution in [3.05, 3.63) is 54.1 Å². The Morgan fingerprint density at radius 3 is 2.50 bits per heavy atom. The van der Waals surface area contributed by atoms with Crippen molar-refractivity contribution in [3.8, 4) is 17.2 Å². The number of carbonyl (C=O) groups excluding carboxylic acids is 1. The number of hydrogen-bond acceptors (Lipinski definition) is 4. The Labute approximate surface area is 154 Å². The zero-order valence-electron chi connectivity index (χ0n) is 15.6. The molecule has 0 saturated carbocycles. The summed E-state index contributed by atoms with van der Waals surface area (Å²) in [7, 11) is 1.61. The lowest BCUT2D eigenvalue weighted by Gasteiger charge is -2.38. The molecule has 0 fully saturated rings. The van der Waals surface area contributed by atoms with Gasteiger partial charge in [0.25, 0.3) is 5.91 Å². The number of rotatable bonds is 5. The largest absolute Gasteiger partial charge is 0.497 e. The summed E-state index contributed by atoms with van der Waals surface area (Å²) < 4.78 is 16.9. The van der Waals surface area contributed by atoms with Gasteiger partial charge in [0.2, 0.25) is 0 Å². The zero-order valence-corrected chi connectivity index (χ0v) is 15.6. The predicted octanol–water partition coefficient (Wildman–Crippen LogP) is 3.88. The number of carbonyl (C=O) groups is 1. The van der Waals surface area contributed by atoms with E-state index in [0.29, 0.717) is 12.2 Å². The van der Waals surface area contributed by atoms with Crippen LogP contribution >= 0.6 is 0 Å². The van der Waals surface area contributed by atoms with E-state index in [0.717, 1.165) is 17.1 Å². The molecule has 1 N–H and O–H groups in total. The molecule has 0 saturated heterocycles. The van der Waals surface area contributed by atoms with Crippen LogP contribution in [0.2, 0.25) is 0 Å². The van der Waals surface area contributed by atoms with Gasteiger partial charge in [0.1, 0.15) is 22.8 Å². The fourth-order valence-corrected chi connectivity index (χ4v) is 3.13. The van der Waals surface area contributed by atoms with Gasteiger partial charge in [-0.15, -0.1) is 0 Å². The summed E-state index contributed by atoms with van der Waals surface area (Å²) in [6.07, 6.45) is 0.0897. The average Bonchev–Trinajstić information content (AvgIpc) is 2.61. The Bertz CT molecular complexity index is 770. The fraction of sp³-hybridized carbons (Fsp3) is 0.381. The van der Waals surface area contributed by atoms with Gasteiger partial charge >= 0.3 is 0 Å². The van der Waals surface area contributed by atoms with Crippen LogP contribution in [0.25, 0.3) is 0 Å². The second-order valence-electron chi connectivity index (χ2n) is 7.10. The summed E-state index contributed by atoms with van der Waals surface area (Å²) >= 11 is 0. The number of fused-ring (bicyclic) bond motifs is 1. The quantitative estimate of drug-likeness (QED) is 0.884. The Balaban J connectivity index is 1.68. The minimum Gasteiger partial charge on any atom is -0.497 e. The maximum absolute atomic E-state index is 12.7. The number of hydrogen-bond donors (Lipinski definition) is 1. The second-order valence-corrected chi connectivity index (χ2v) is 7.10. The van der Waals surface area contributed by atoms with E-state index in [1.165, 1.54) is 0 Å².